The van der Waals surface area contributed by atoms with Crippen LogP contribution in [0.25, 0.3) is 0 Å². The van der Waals surface area contributed by atoms with Crippen molar-refractivity contribution in [1.29, 1.82) is 0 Å². The van der Waals surface area contributed by atoms with Crippen molar-refractivity contribution in [3.8, 4) is 0 Å². The van der Waals surface area contributed by atoms with E-state index in [9.17, 15) is 22.4 Å². The van der Waals surface area contributed by atoms with Crippen LogP contribution in [0, 0.1) is 23.3 Å². The van der Waals surface area contributed by atoms with Gasteiger partial charge >= 0.3 is 13.1 Å². The van der Waals surface area contributed by atoms with Crippen LogP contribution < -0.4 is 5.46 Å². The minimum absolute atomic E-state index is 0.761. The third-order valence-electron chi connectivity index (χ3n) is 1.95. The van der Waals surface area contributed by atoms with Crippen molar-refractivity contribution in [3.05, 3.63) is 28.8 Å². The van der Waals surface area contributed by atoms with Crippen LogP contribution in [0.4, 0.5) is 17.6 Å². The monoisotopic (exact) mass is 252 g/mol. The third-order valence-corrected chi connectivity index (χ3v) is 1.95. The smallest absolute Gasteiger partial charge is 0.465 e. The molecule has 1 aromatic rings. The summed E-state index contributed by atoms with van der Waals surface area (Å²) < 4.78 is 56.4. The first kappa shape index (κ1) is 13.5. The summed E-state index contributed by atoms with van der Waals surface area (Å²) in [6.45, 7) is 0. The second-order valence-electron chi connectivity index (χ2n) is 2.91. The molecule has 0 saturated heterocycles. The Morgan fingerprint density at radius 1 is 1.06 bits per heavy atom. The molecule has 0 fully saturated rings. The summed E-state index contributed by atoms with van der Waals surface area (Å²) in [5.74, 6) is -9.96. The van der Waals surface area contributed by atoms with E-state index in [1.165, 1.54) is 0 Å². The first-order valence-electron chi connectivity index (χ1n) is 4.13. The Morgan fingerprint density at radius 3 is 2.00 bits per heavy atom. The maximum absolute atomic E-state index is 13.4. The maximum Gasteiger partial charge on any atom is 0.494 e. The topological polar surface area (TPSA) is 66.8 Å². The fourth-order valence-corrected chi connectivity index (χ4v) is 1.16. The molecule has 0 radical (unpaired) electrons. The van der Waals surface area contributed by atoms with Gasteiger partial charge < -0.3 is 14.8 Å². The lowest BCUT2D eigenvalue weighted by molar-refractivity contribution is 0.0588. The van der Waals surface area contributed by atoms with E-state index < -0.39 is 47.4 Å². The summed E-state index contributed by atoms with van der Waals surface area (Å²) in [4.78, 5) is 10.9. The van der Waals surface area contributed by atoms with Crippen LogP contribution in [0.15, 0.2) is 0 Å². The van der Waals surface area contributed by atoms with Crippen LogP contribution >= 0.6 is 0 Å². The molecule has 9 heteroatoms. The van der Waals surface area contributed by atoms with Crippen LogP contribution in [-0.4, -0.2) is 30.2 Å². The Kier molecular flexibility index (Phi) is 3.74. The maximum atomic E-state index is 13.4. The van der Waals surface area contributed by atoms with Crippen LogP contribution in [0.2, 0.25) is 0 Å². The third kappa shape index (κ3) is 2.11. The number of benzene rings is 1. The Bertz CT molecular complexity index is 477. The molecule has 0 aliphatic carbocycles. The number of carbonyl (C=O) groups is 1. The van der Waals surface area contributed by atoms with Gasteiger partial charge in [-0.3, -0.25) is 0 Å². The second kappa shape index (κ2) is 4.72. The standard InChI is InChI=1S/C8H5BF4O4/c1-17-8(14)2-4(10)3(9(15)16)6(12)7(13)5(2)11/h15-16H,1H3. The highest BCUT2D eigenvalue weighted by molar-refractivity contribution is 6.59. The second-order valence-corrected chi connectivity index (χ2v) is 2.91. The molecule has 0 unspecified atom stereocenters. The van der Waals surface area contributed by atoms with Crippen LogP contribution in [0.3, 0.4) is 0 Å². The highest BCUT2D eigenvalue weighted by Gasteiger charge is 2.34. The predicted molar refractivity (Wildman–Crippen MR) is 47.4 cm³/mol. The van der Waals surface area contributed by atoms with Crippen LogP contribution in [-0.2, 0) is 4.74 Å². The lowest BCUT2D eigenvalue weighted by Gasteiger charge is -2.10. The molecular formula is C8H5BF4O4. The van der Waals surface area contributed by atoms with Crippen molar-refractivity contribution < 1.29 is 37.1 Å². The minimum Gasteiger partial charge on any atom is -0.465 e. The molecule has 0 heterocycles. The van der Waals surface area contributed by atoms with Gasteiger partial charge in [-0.05, 0) is 0 Å². The average molecular weight is 252 g/mol. The zero-order chi connectivity index (χ0) is 13.3. The van der Waals surface area contributed by atoms with Gasteiger partial charge in [-0.2, -0.15) is 0 Å². The van der Waals surface area contributed by atoms with E-state index in [-0.39, 0.29) is 0 Å². The number of rotatable bonds is 2. The van der Waals surface area contributed by atoms with Gasteiger partial charge in [0.1, 0.15) is 11.4 Å². The predicted octanol–water partition coefficient (Wildman–Crippen LogP) is -0.291. The van der Waals surface area contributed by atoms with E-state index in [0.717, 1.165) is 7.11 Å². The van der Waals surface area contributed by atoms with Crippen molar-refractivity contribution in [2.24, 2.45) is 0 Å². The van der Waals surface area contributed by atoms with Gasteiger partial charge in [0.25, 0.3) is 0 Å². The number of carbonyl (C=O) groups excluding carboxylic acids is 1. The highest BCUT2D eigenvalue weighted by atomic mass is 19.2. The van der Waals surface area contributed by atoms with Crippen LogP contribution in [0.5, 0.6) is 0 Å². The van der Waals surface area contributed by atoms with E-state index in [0.29, 0.717) is 0 Å². The number of hydrogen-bond donors (Lipinski definition) is 2. The molecule has 17 heavy (non-hydrogen) atoms. The lowest BCUT2D eigenvalue weighted by Crippen LogP contribution is -2.39. The molecule has 0 spiro atoms. The van der Waals surface area contributed by atoms with Crippen molar-refractivity contribution in [3.63, 3.8) is 0 Å². The van der Waals surface area contributed by atoms with E-state index in [1.807, 2.05) is 0 Å². The molecule has 1 rings (SSSR count). The number of halogens is 4. The number of hydrogen-bond acceptors (Lipinski definition) is 4. The summed E-state index contributed by atoms with van der Waals surface area (Å²) in [6, 6.07) is 0. The zero-order valence-corrected chi connectivity index (χ0v) is 8.30. The SMILES string of the molecule is COC(=O)c1c(F)c(F)c(F)c(B(O)O)c1F. The van der Waals surface area contributed by atoms with Gasteiger partial charge in [0.05, 0.1) is 12.6 Å². The van der Waals surface area contributed by atoms with Crippen molar-refractivity contribution in [2.45, 2.75) is 0 Å². The fraction of sp³-hybridized carbons (Fsp3) is 0.125. The first-order valence-corrected chi connectivity index (χ1v) is 4.13. The molecule has 0 atom stereocenters. The van der Waals surface area contributed by atoms with E-state index in [1.54, 1.807) is 0 Å². The Labute approximate surface area is 92.6 Å². The number of ether oxygens (including phenoxy) is 1. The number of esters is 1. The molecule has 0 bridgehead atoms. The summed E-state index contributed by atoms with van der Waals surface area (Å²) in [5.41, 5.74) is -3.10. The minimum atomic E-state index is -2.74. The molecule has 0 aliphatic heterocycles. The highest BCUT2D eigenvalue weighted by Crippen LogP contribution is 2.18. The molecule has 0 aromatic heterocycles. The molecular weight excluding hydrogens is 247 g/mol. The van der Waals surface area contributed by atoms with Crippen molar-refractivity contribution >= 4 is 18.6 Å². The molecule has 4 nitrogen and oxygen atoms in total. The van der Waals surface area contributed by atoms with Gasteiger partial charge in [-0.25, -0.2) is 22.4 Å². The molecule has 1 aromatic carbocycles. The fourth-order valence-electron chi connectivity index (χ4n) is 1.16. The van der Waals surface area contributed by atoms with Gasteiger partial charge in [0.15, 0.2) is 17.5 Å². The summed E-state index contributed by atoms with van der Waals surface area (Å²) >= 11 is 0. The largest absolute Gasteiger partial charge is 0.494 e. The Balaban J connectivity index is 3.68. The lowest BCUT2D eigenvalue weighted by atomic mass is 9.78. The van der Waals surface area contributed by atoms with E-state index in [2.05, 4.69) is 4.74 Å². The molecule has 92 valence electrons. The van der Waals surface area contributed by atoms with Gasteiger partial charge in [-0.15, -0.1) is 0 Å². The molecule has 0 aliphatic rings. The first-order chi connectivity index (χ1) is 7.82. The van der Waals surface area contributed by atoms with Crippen molar-refractivity contribution in [1.82, 2.24) is 0 Å². The quantitative estimate of drug-likeness (QED) is 0.249. The summed E-state index contributed by atoms with van der Waals surface area (Å²) in [6.07, 6.45) is 0. The summed E-state index contributed by atoms with van der Waals surface area (Å²) in [7, 11) is -1.98. The molecule has 0 amide bonds. The van der Waals surface area contributed by atoms with Gasteiger partial charge in [0, 0.05) is 0 Å². The van der Waals surface area contributed by atoms with E-state index in [4.69, 9.17) is 10.0 Å². The molecule has 2 N–H and O–H groups in total. The normalized spacial score (nSPS) is 10.3. The van der Waals surface area contributed by atoms with Crippen LogP contribution in [0.1, 0.15) is 10.4 Å². The summed E-state index contributed by atoms with van der Waals surface area (Å²) in [5, 5.41) is 17.2. The van der Waals surface area contributed by atoms with E-state index >= 15 is 0 Å². The van der Waals surface area contributed by atoms with Gasteiger partial charge in [0.2, 0.25) is 0 Å². The Morgan fingerprint density at radius 2 is 1.59 bits per heavy atom. The zero-order valence-electron chi connectivity index (χ0n) is 8.30. The molecule has 0 saturated carbocycles. The van der Waals surface area contributed by atoms with Crippen molar-refractivity contribution in [2.75, 3.05) is 7.11 Å². The van der Waals surface area contributed by atoms with Gasteiger partial charge in [-0.1, -0.05) is 0 Å². The average Bonchev–Trinajstić information content (AvgIpc) is 2.25. The Hall–Kier alpha value is -1.61. The number of methoxy groups -OCH3 is 1.